The molecule has 0 spiro atoms. The van der Waals surface area contributed by atoms with Gasteiger partial charge in [-0.2, -0.15) is 0 Å². The van der Waals surface area contributed by atoms with Crippen LogP contribution in [-0.4, -0.2) is 29.8 Å². The van der Waals surface area contributed by atoms with Gasteiger partial charge < -0.3 is 23.9 Å². The number of carbonyl (C=O) groups is 1. The Morgan fingerprint density at radius 1 is 1.00 bits per heavy atom. The number of nitrogens with zero attached hydrogens (tertiary/aromatic N) is 1. The first-order valence-electron chi connectivity index (χ1n) is 10.5. The van der Waals surface area contributed by atoms with Crippen molar-refractivity contribution in [2.24, 2.45) is 5.92 Å². The predicted molar refractivity (Wildman–Crippen MR) is 122 cm³/mol. The molecule has 32 heavy (non-hydrogen) atoms. The third kappa shape index (κ3) is 4.68. The van der Waals surface area contributed by atoms with Crippen molar-refractivity contribution in [2.75, 3.05) is 13.7 Å². The second-order valence-electron chi connectivity index (χ2n) is 7.90. The molecule has 1 N–H and O–H groups in total. The number of aromatic nitrogens is 2. The van der Waals surface area contributed by atoms with Crippen LogP contribution in [0.3, 0.4) is 0 Å². The lowest BCUT2D eigenvalue weighted by molar-refractivity contribution is 0.0858. The molecular formula is C25H26N2O5. The number of nitrogens with one attached hydrogen (secondary N) is 1. The number of fused-ring (bicyclic) bond motifs is 3. The van der Waals surface area contributed by atoms with E-state index in [1.165, 1.54) is 0 Å². The summed E-state index contributed by atoms with van der Waals surface area (Å²) in [6, 6.07) is 15.8. The number of benzene rings is 2. The first kappa shape index (κ1) is 21.6. The van der Waals surface area contributed by atoms with Crippen molar-refractivity contribution < 1.29 is 23.7 Å². The molecule has 7 heteroatoms. The molecule has 0 fully saturated rings. The lowest BCUT2D eigenvalue weighted by Gasteiger charge is -2.12. The van der Waals surface area contributed by atoms with Gasteiger partial charge in [0.1, 0.15) is 12.4 Å². The van der Waals surface area contributed by atoms with E-state index in [9.17, 15) is 4.79 Å². The van der Waals surface area contributed by atoms with Gasteiger partial charge in [0.05, 0.1) is 36.0 Å². The Morgan fingerprint density at radius 3 is 2.56 bits per heavy atom. The fraction of sp³-hybridized carbons (Fsp3) is 0.280. The molecule has 166 valence electrons. The van der Waals surface area contributed by atoms with Crippen LogP contribution < -0.4 is 9.47 Å². The lowest BCUT2D eigenvalue weighted by Crippen LogP contribution is -2.16. The molecule has 0 radical (unpaired) electrons. The summed E-state index contributed by atoms with van der Waals surface area (Å²) in [7, 11) is 1.58. The molecule has 7 nitrogen and oxygen atoms in total. The van der Waals surface area contributed by atoms with Gasteiger partial charge in [0, 0.05) is 17.9 Å². The van der Waals surface area contributed by atoms with Crippen molar-refractivity contribution in [3.63, 3.8) is 0 Å². The summed E-state index contributed by atoms with van der Waals surface area (Å²) in [5.74, 6) is 1.08. The Morgan fingerprint density at radius 2 is 1.81 bits per heavy atom. The highest BCUT2D eigenvalue weighted by Crippen LogP contribution is 2.38. The van der Waals surface area contributed by atoms with Crippen molar-refractivity contribution >= 4 is 28.0 Å². The van der Waals surface area contributed by atoms with Gasteiger partial charge in [-0.15, -0.1) is 0 Å². The molecule has 2 aromatic heterocycles. The summed E-state index contributed by atoms with van der Waals surface area (Å²) in [5, 5.41) is 1.72. The summed E-state index contributed by atoms with van der Waals surface area (Å²) in [6.45, 7) is 4.82. The quantitative estimate of drug-likeness (QED) is 0.363. The molecule has 0 unspecified atom stereocenters. The molecule has 4 aromatic rings. The summed E-state index contributed by atoms with van der Waals surface area (Å²) in [5.41, 5.74) is 3.41. The van der Waals surface area contributed by atoms with Crippen molar-refractivity contribution in [2.45, 2.75) is 27.1 Å². The van der Waals surface area contributed by atoms with E-state index in [0.717, 1.165) is 33.1 Å². The van der Waals surface area contributed by atoms with Crippen LogP contribution in [0.1, 0.15) is 25.0 Å². The van der Waals surface area contributed by atoms with E-state index in [2.05, 4.69) is 9.97 Å². The molecule has 0 atom stereocenters. The van der Waals surface area contributed by atoms with Crippen molar-refractivity contribution in [1.29, 1.82) is 0 Å². The third-order valence-corrected chi connectivity index (χ3v) is 4.93. The highest BCUT2D eigenvalue weighted by molar-refractivity contribution is 6.12. The number of hydrogen-bond acceptors (Lipinski definition) is 6. The lowest BCUT2D eigenvalue weighted by atomic mass is 10.1. The van der Waals surface area contributed by atoms with E-state index in [-0.39, 0.29) is 25.0 Å². The van der Waals surface area contributed by atoms with E-state index in [0.29, 0.717) is 12.2 Å². The van der Waals surface area contributed by atoms with Gasteiger partial charge >= 0.3 is 6.16 Å². The average molecular weight is 434 g/mol. The monoisotopic (exact) mass is 434 g/mol. The van der Waals surface area contributed by atoms with Crippen LogP contribution >= 0.6 is 0 Å². The number of pyridine rings is 1. The minimum Gasteiger partial charge on any atom is -0.488 e. The SMILES string of the molecule is COCc1c(OC(=O)OCC(C)C)ncc2[nH]c3cccc(OCc4ccccc4)c3c12. The molecule has 2 heterocycles. The Labute approximate surface area is 186 Å². The van der Waals surface area contributed by atoms with Gasteiger partial charge in [0.25, 0.3) is 0 Å². The summed E-state index contributed by atoms with van der Waals surface area (Å²) in [6.07, 6.45) is 0.851. The smallest absolute Gasteiger partial charge is 0.488 e. The molecular weight excluding hydrogens is 408 g/mol. The second-order valence-corrected chi connectivity index (χ2v) is 7.90. The number of carbonyl (C=O) groups excluding carboxylic acids is 1. The number of ether oxygens (including phenoxy) is 4. The molecule has 0 saturated heterocycles. The Balaban J connectivity index is 1.75. The number of methoxy groups -OCH3 is 1. The predicted octanol–water partition coefficient (Wildman–Crippen LogP) is 5.61. The molecule has 0 aliphatic heterocycles. The van der Waals surface area contributed by atoms with Gasteiger partial charge in [-0.05, 0) is 23.6 Å². The molecule has 0 bridgehead atoms. The van der Waals surface area contributed by atoms with Gasteiger partial charge in [-0.25, -0.2) is 9.78 Å². The van der Waals surface area contributed by atoms with Crippen LogP contribution in [0.5, 0.6) is 11.6 Å². The molecule has 2 aromatic carbocycles. The zero-order valence-corrected chi connectivity index (χ0v) is 18.4. The zero-order valence-electron chi connectivity index (χ0n) is 18.4. The van der Waals surface area contributed by atoms with Crippen molar-refractivity contribution in [3.8, 4) is 11.6 Å². The topological polar surface area (TPSA) is 82.7 Å². The van der Waals surface area contributed by atoms with Crippen LogP contribution in [0.25, 0.3) is 21.8 Å². The van der Waals surface area contributed by atoms with Crippen LogP contribution in [-0.2, 0) is 22.7 Å². The van der Waals surface area contributed by atoms with E-state index in [1.807, 2.05) is 62.4 Å². The van der Waals surface area contributed by atoms with Gasteiger partial charge in [-0.3, -0.25) is 0 Å². The van der Waals surface area contributed by atoms with E-state index < -0.39 is 6.16 Å². The number of hydrogen-bond donors (Lipinski definition) is 1. The minimum atomic E-state index is -0.789. The van der Waals surface area contributed by atoms with Gasteiger partial charge in [0.2, 0.25) is 5.88 Å². The largest absolute Gasteiger partial charge is 0.515 e. The maximum absolute atomic E-state index is 12.2. The van der Waals surface area contributed by atoms with Crippen LogP contribution in [0, 0.1) is 5.92 Å². The Bertz CT molecular complexity index is 1220. The van der Waals surface area contributed by atoms with Crippen molar-refractivity contribution in [3.05, 3.63) is 65.9 Å². The van der Waals surface area contributed by atoms with Crippen LogP contribution in [0.2, 0.25) is 0 Å². The molecule has 0 saturated carbocycles. The third-order valence-electron chi connectivity index (χ3n) is 4.93. The van der Waals surface area contributed by atoms with Crippen LogP contribution in [0.15, 0.2) is 54.7 Å². The highest BCUT2D eigenvalue weighted by Gasteiger charge is 2.20. The number of rotatable bonds is 8. The number of H-pyrrole nitrogens is 1. The second kappa shape index (κ2) is 9.70. The summed E-state index contributed by atoms with van der Waals surface area (Å²) in [4.78, 5) is 19.9. The zero-order chi connectivity index (χ0) is 22.5. The van der Waals surface area contributed by atoms with Gasteiger partial charge in [-0.1, -0.05) is 50.2 Å². The standard InChI is InChI=1S/C25H26N2O5/c1-16(2)13-31-25(28)32-24-18(15-29-3)22-20(12-26-24)27-19-10-7-11-21(23(19)22)30-14-17-8-5-4-6-9-17/h4-12,16,27H,13-15H2,1-3H3. The fourth-order valence-electron chi connectivity index (χ4n) is 3.52. The van der Waals surface area contributed by atoms with Crippen molar-refractivity contribution in [1.82, 2.24) is 9.97 Å². The molecule has 4 rings (SSSR count). The molecule has 0 aliphatic rings. The maximum atomic E-state index is 12.2. The summed E-state index contributed by atoms with van der Waals surface area (Å²) >= 11 is 0. The normalized spacial score (nSPS) is 11.2. The van der Waals surface area contributed by atoms with Gasteiger partial charge in [0.15, 0.2) is 0 Å². The minimum absolute atomic E-state index is 0.159. The average Bonchev–Trinajstić information content (AvgIpc) is 3.18. The Kier molecular flexibility index (Phi) is 6.56. The maximum Gasteiger partial charge on any atom is 0.515 e. The highest BCUT2D eigenvalue weighted by atomic mass is 16.7. The van der Waals surface area contributed by atoms with E-state index in [1.54, 1.807) is 13.3 Å². The molecule has 0 amide bonds. The van der Waals surface area contributed by atoms with E-state index >= 15 is 0 Å². The van der Waals surface area contributed by atoms with Crippen LogP contribution in [0.4, 0.5) is 4.79 Å². The van der Waals surface area contributed by atoms with E-state index in [4.69, 9.17) is 18.9 Å². The Hall–Kier alpha value is -3.58. The first-order valence-corrected chi connectivity index (χ1v) is 10.5. The summed E-state index contributed by atoms with van der Waals surface area (Å²) < 4.78 is 22.2. The number of aromatic amines is 1. The fourth-order valence-corrected chi connectivity index (χ4v) is 3.52. The first-order chi connectivity index (χ1) is 15.6. The molecule has 0 aliphatic carbocycles.